The minimum absolute atomic E-state index is 0.0166. The third kappa shape index (κ3) is 8.33. The lowest BCUT2D eigenvalue weighted by Crippen LogP contribution is -2.15. The average molecular weight is 844 g/mol. The summed E-state index contributed by atoms with van der Waals surface area (Å²) in [6.07, 6.45) is 0. The van der Waals surface area contributed by atoms with Gasteiger partial charge in [-0.3, -0.25) is 0 Å². The van der Waals surface area contributed by atoms with Gasteiger partial charge in [-0.25, -0.2) is 4.74 Å². The summed E-state index contributed by atoms with van der Waals surface area (Å²) in [6, 6.07) is 35.9. The number of phenols is 6. The fourth-order valence-electron chi connectivity index (χ4n) is 5.78. The van der Waals surface area contributed by atoms with Gasteiger partial charge in [0.1, 0.15) is 69.0 Å². The third-order valence-electron chi connectivity index (χ3n) is 8.68. The zero-order valence-electron chi connectivity index (χ0n) is 30.4. The second kappa shape index (κ2) is 15.5. The Bertz CT molecular complexity index is 2470. The number of fused-ring (bicyclic) bond motifs is 1. The van der Waals surface area contributed by atoms with E-state index in [4.69, 9.17) is 41.4 Å². The summed E-state index contributed by atoms with van der Waals surface area (Å²) in [7, 11) is -11.5. The van der Waals surface area contributed by atoms with E-state index >= 15 is 0 Å². The van der Waals surface area contributed by atoms with Gasteiger partial charge in [0.25, 0.3) is 0 Å². The van der Waals surface area contributed by atoms with Gasteiger partial charge in [0.05, 0.1) is 0 Å². The number of hydrogen-bond donors (Lipinski definition) is 6. The number of rotatable bonds is 12. The highest BCUT2D eigenvalue weighted by Gasteiger charge is 2.68. The number of benzene rings is 6. The van der Waals surface area contributed by atoms with Crippen LogP contribution < -0.4 is 27.4 Å². The molecule has 1 fully saturated rings. The maximum atomic E-state index is 10.2. The minimum Gasteiger partial charge on any atom is -0.508 e. The Morgan fingerprint density at radius 2 is 0.707 bits per heavy atom. The van der Waals surface area contributed by atoms with Crippen LogP contribution in [-0.4, -0.2) is 48.1 Å². The average Bonchev–Trinajstić information content (AvgIpc) is 3.76. The van der Waals surface area contributed by atoms with Crippen LogP contribution in [0.3, 0.4) is 0 Å². The van der Waals surface area contributed by atoms with E-state index in [1.807, 2.05) is 0 Å². The fraction of sp³-hybridized carbons (Fsp3) is 0.100. The Hall–Kier alpha value is -6.39. The highest BCUT2D eigenvalue weighted by Crippen LogP contribution is 2.83. The molecule has 0 amide bonds. The molecule has 298 valence electrons. The number of ether oxygens (including phenoxy) is 1. The Morgan fingerprint density at radius 1 is 0.397 bits per heavy atom. The van der Waals surface area contributed by atoms with Crippen molar-refractivity contribution in [2.45, 2.75) is 24.3 Å². The summed E-state index contributed by atoms with van der Waals surface area (Å²) in [5.74, 6) is -1.20. The van der Waals surface area contributed by atoms with E-state index in [0.717, 1.165) is 0 Å². The Balaban J connectivity index is 1.42. The lowest BCUT2D eigenvalue weighted by molar-refractivity contribution is 0.311. The van der Waals surface area contributed by atoms with E-state index in [-0.39, 0.29) is 57.5 Å². The van der Waals surface area contributed by atoms with Crippen LogP contribution in [0, 0.1) is 0 Å². The molecule has 0 spiro atoms. The standard InChI is InChI=1S/C40H36N3O12P3/c1-26-41-56(51-34-16-4-28(45)5-17-34)39(40(56)50-33-14-2-27(44)3-15-33)42-58(54-37-22-10-31(48)11-23-37,55-38-24-12-32(49)13-25-38)43-57(26,52-35-18-6-29(46)7-19-35)53-36-20-8-30(47)9-21-36/h2-26,39-40,44-49H,1H3. The molecule has 8 rings (SSSR count). The molecule has 0 aromatic heterocycles. The van der Waals surface area contributed by atoms with E-state index in [1.54, 1.807) is 31.2 Å². The van der Waals surface area contributed by atoms with Crippen LogP contribution >= 0.6 is 22.4 Å². The molecule has 0 aliphatic carbocycles. The zero-order valence-corrected chi connectivity index (χ0v) is 33.1. The molecule has 15 nitrogen and oxygen atoms in total. The van der Waals surface area contributed by atoms with Crippen LogP contribution in [0.25, 0.3) is 0 Å². The molecule has 0 radical (unpaired) electrons. The van der Waals surface area contributed by atoms with Crippen molar-refractivity contribution in [3.63, 3.8) is 0 Å². The summed E-state index contributed by atoms with van der Waals surface area (Å²) in [6.45, 7) is 1.74. The predicted molar refractivity (Wildman–Crippen MR) is 217 cm³/mol. The monoisotopic (exact) mass is 843 g/mol. The molecular formula is C40H36N3O12P3. The van der Waals surface area contributed by atoms with E-state index in [0.29, 0.717) is 11.5 Å². The second-order valence-electron chi connectivity index (χ2n) is 13.0. The van der Waals surface area contributed by atoms with Gasteiger partial charge >= 0.3 is 15.2 Å². The van der Waals surface area contributed by atoms with E-state index in [9.17, 15) is 30.6 Å². The quantitative estimate of drug-likeness (QED) is 0.0635. The summed E-state index contributed by atoms with van der Waals surface area (Å²) >= 11 is 0. The van der Waals surface area contributed by atoms with Crippen LogP contribution in [0.1, 0.15) is 6.92 Å². The van der Waals surface area contributed by atoms with Crippen molar-refractivity contribution in [1.29, 1.82) is 0 Å². The normalized spacial score (nSPS) is 21.2. The van der Waals surface area contributed by atoms with Crippen LogP contribution in [0.2, 0.25) is 0 Å². The maximum Gasteiger partial charge on any atom is 0.449 e. The molecular weight excluding hydrogens is 807 g/mol. The van der Waals surface area contributed by atoms with Crippen LogP contribution in [-0.2, 0) is 0 Å². The first kappa shape index (κ1) is 38.5. The second-order valence-corrected chi connectivity index (χ2v) is 20.4. The molecule has 0 bridgehead atoms. The van der Waals surface area contributed by atoms with Gasteiger partial charge in [0.2, 0.25) is 7.28 Å². The van der Waals surface area contributed by atoms with Gasteiger partial charge in [-0.15, -0.1) is 4.52 Å². The number of aromatic hydroxyl groups is 6. The fourth-order valence-corrected chi connectivity index (χ4v) is 15.8. The molecule has 2 heterocycles. The van der Waals surface area contributed by atoms with Crippen LogP contribution in [0.4, 0.5) is 0 Å². The van der Waals surface area contributed by atoms with Crippen molar-refractivity contribution in [2.24, 2.45) is 14.0 Å². The SMILES string of the molecule is CC1N=P2(Oc3ccc(O)cc3)C(N=P(Oc3ccc(O)cc3)(Oc3ccc(O)cc3)N=P1(Oc1ccc(O)cc1)Oc1ccc(O)cc1)C2Oc1ccc(O)cc1. The lowest BCUT2D eigenvalue weighted by atomic mass is 10.3. The molecule has 58 heavy (non-hydrogen) atoms. The molecule has 18 heteroatoms. The van der Waals surface area contributed by atoms with E-state index in [2.05, 4.69) is 0 Å². The highest BCUT2D eigenvalue weighted by atomic mass is 31.2. The van der Waals surface area contributed by atoms with E-state index < -0.39 is 39.9 Å². The summed E-state index contributed by atoms with van der Waals surface area (Å²) in [5.41, 5.74) is 0. The largest absolute Gasteiger partial charge is 0.508 e. The van der Waals surface area contributed by atoms with Gasteiger partial charge in [-0.1, -0.05) is 0 Å². The summed E-state index contributed by atoms with van der Waals surface area (Å²) in [4.78, 5) is 0. The molecule has 2 aliphatic rings. The van der Waals surface area contributed by atoms with Crippen LogP contribution in [0.15, 0.2) is 160 Å². The number of phenolic OH excluding ortho intramolecular Hbond substituents is 6. The van der Waals surface area contributed by atoms with Crippen molar-refractivity contribution in [2.75, 3.05) is 0 Å². The van der Waals surface area contributed by atoms with Crippen molar-refractivity contribution in [3.8, 4) is 69.0 Å². The smallest absolute Gasteiger partial charge is 0.449 e. The third-order valence-corrected chi connectivity index (χ3v) is 17.5. The first-order valence-electron chi connectivity index (χ1n) is 17.6. The Kier molecular flexibility index (Phi) is 10.3. The molecule has 1 saturated heterocycles. The molecule has 6 N–H and O–H groups in total. The molecule has 0 saturated carbocycles. The van der Waals surface area contributed by atoms with Crippen molar-refractivity contribution < 1.29 is 58.0 Å². The molecule has 6 aromatic rings. The van der Waals surface area contributed by atoms with Gasteiger partial charge in [-0.2, -0.15) is 4.74 Å². The van der Waals surface area contributed by atoms with Crippen molar-refractivity contribution >= 4 is 22.4 Å². The number of nitrogens with zero attached hydrogens (tertiary/aromatic N) is 3. The van der Waals surface area contributed by atoms with Gasteiger partial charge in [-0.05, 0) is 153 Å². The zero-order chi connectivity index (χ0) is 40.5. The molecule has 4 atom stereocenters. The van der Waals surface area contributed by atoms with Gasteiger partial charge in [0.15, 0.2) is 17.4 Å². The van der Waals surface area contributed by atoms with Crippen LogP contribution in [0.5, 0.6) is 69.0 Å². The van der Waals surface area contributed by atoms with Gasteiger partial charge < -0.3 is 58.0 Å². The Labute approximate surface area is 332 Å². The van der Waals surface area contributed by atoms with Gasteiger partial charge in [0, 0.05) is 0 Å². The topological polar surface area (TPSA) is 214 Å². The summed E-state index contributed by atoms with van der Waals surface area (Å²) in [5, 5.41) is 60.9. The maximum absolute atomic E-state index is 10.2. The minimum atomic E-state index is -4.19. The highest BCUT2D eigenvalue weighted by molar-refractivity contribution is 7.74. The van der Waals surface area contributed by atoms with E-state index in [1.165, 1.54) is 121 Å². The number of hydrogen-bond acceptors (Lipinski definition) is 15. The van der Waals surface area contributed by atoms with Crippen molar-refractivity contribution in [1.82, 2.24) is 0 Å². The Morgan fingerprint density at radius 3 is 1.07 bits per heavy atom. The first-order valence-corrected chi connectivity index (χ1v) is 22.6. The summed E-state index contributed by atoms with van der Waals surface area (Å²) < 4.78 is 56.6. The lowest BCUT2D eigenvalue weighted by Gasteiger charge is -2.32. The molecule has 4 unspecified atom stereocenters. The van der Waals surface area contributed by atoms with Crippen molar-refractivity contribution in [3.05, 3.63) is 146 Å². The predicted octanol–water partition coefficient (Wildman–Crippen LogP) is 10.8. The first-order chi connectivity index (χ1) is 27.9. The molecule has 2 aliphatic heterocycles. The molecule has 6 aromatic carbocycles.